The van der Waals surface area contributed by atoms with Crippen molar-refractivity contribution in [1.82, 2.24) is 4.90 Å². The molecule has 2 N–H and O–H groups in total. The van der Waals surface area contributed by atoms with Gasteiger partial charge in [0.2, 0.25) is 0 Å². The molecule has 1 aliphatic heterocycles. The van der Waals surface area contributed by atoms with E-state index in [2.05, 4.69) is 4.90 Å². The molecule has 2 fully saturated rings. The summed E-state index contributed by atoms with van der Waals surface area (Å²) in [6.07, 6.45) is 8.13. The van der Waals surface area contributed by atoms with Crippen LogP contribution in [0.5, 0.6) is 0 Å². The first-order valence-electron chi connectivity index (χ1n) is 5.37. The SMILES string of the molecule is N[C@H]1CCCC[C@H]1N1CCCC1. The van der Waals surface area contributed by atoms with Crippen LogP contribution in [0.25, 0.3) is 0 Å². The molecule has 2 nitrogen and oxygen atoms in total. The maximum absolute atomic E-state index is 6.12. The van der Waals surface area contributed by atoms with Crippen molar-refractivity contribution in [3.05, 3.63) is 0 Å². The van der Waals surface area contributed by atoms with E-state index in [0.29, 0.717) is 6.04 Å². The molecule has 2 heteroatoms. The molecule has 0 spiro atoms. The summed E-state index contributed by atoms with van der Waals surface area (Å²) in [5, 5.41) is 0. The molecule has 0 unspecified atom stereocenters. The number of nitrogens with two attached hydrogens (primary N) is 1. The number of hydrogen-bond acceptors (Lipinski definition) is 2. The lowest BCUT2D eigenvalue weighted by Crippen LogP contribution is -2.48. The van der Waals surface area contributed by atoms with Gasteiger partial charge >= 0.3 is 0 Å². The summed E-state index contributed by atoms with van der Waals surface area (Å²) in [4.78, 5) is 2.61. The van der Waals surface area contributed by atoms with Crippen LogP contribution >= 0.6 is 0 Å². The Hall–Kier alpha value is -0.0800. The highest BCUT2D eigenvalue weighted by Crippen LogP contribution is 2.24. The van der Waals surface area contributed by atoms with E-state index in [9.17, 15) is 0 Å². The van der Waals surface area contributed by atoms with Crippen molar-refractivity contribution in [3.63, 3.8) is 0 Å². The van der Waals surface area contributed by atoms with Gasteiger partial charge in [-0.15, -0.1) is 0 Å². The van der Waals surface area contributed by atoms with E-state index in [1.54, 1.807) is 0 Å². The fourth-order valence-electron chi connectivity index (χ4n) is 2.67. The van der Waals surface area contributed by atoms with Crippen LogP contribution in [0, 0.1) is 0 Å². The van der Waals surface area contributed by atoms with Crippen molar-refractivity contribution in [2.45, 2.75) is 50.6 Å². The largest absolute Gasteiger partial charge is 0.326 e. The molecule has 0 aromatic heterocycles. The van der Waals surface area contributed by atoms with Gasteiger partial charge in [-0.25, -0.2) is 0 Å². The molecule has 70 valence electrons. The van der Waals surface area contributed by atoms with E-state index >= 15 is 0 Å². The lowest BCUT2D eigenvalue weighted by Gasteiger charge is -2.35. The molecule has 0 radical (unpaired) electrons. The normalized spacial score (nSPS) is 38.8. The highest BCUT2D eigenvalue weighted by molar-refractivity contribution is 4.87. The molecule has 1 heterocycles. The second kappa shape index (κ2) is 3.75. The first-order chi connectivity index (χ1) is 5.88. The quantitative estimate of drug-likeness (QED) is 0.640. The van der Waals surface area contributed by atoms with Gasteiger partial charge in [-0.2, -0.15) is 0 Å². The monoisotopic (exact) mass is 168 g/mol. The zero-order chi connectivity index (χ0) is 8.39. The van der Waals surface area contributed by atoms with E-state index < -0.39 is 0 Å². The predicted octanol–water partition coefficient (Wildman–Crippen LogP) is 1.35. The average Bonchev–Trinajstić information content (AvgIpc) is 2.57. The first-order valence-corrected chi connectivity index (χ1v) is 5.37. The Morgan fingerprint density at radius 3 is 2.25 bits per heavy atom. The number of rotatable bonds is 1. The number of nitrogens with zero attached hydrogens (tertiary/aromatic N) is 1. The van der Waals surface area contributed by atoms with Crippen molar-refractivity contribution in [3.8, 4) is 0 Å². The summed E-state index contributed by atoms with van der Waals surface area (Å²) >= 11 is 0. The summed E-state index contributed by atoms with van der Waals surface area (Å²) in [5.41, 5.74) is 6.12. The minimum absolute atomic E-state index is 0.469. The molecular weight excluding hydrogens is 148 g/mol. The van der Waals surface area contributed by atoms with E-state index in [-0.39, 0.29) is 0 Å². The molecule has 0 aromatic carbocycles. The van der Waals surface area contributed by atoms with Gasteiger partial charge in [0.05, 0.1) is 0 Å². The second-order valence-electron chi connectivity index (χ2n) is 4.26. The number of likely N-dealkylation sites (tertiary alicyclic amines) is 1. The molecule has 1 saturated carbocycles. The summed E-state index contributed by atoms with van der Waals surface area (Å²) in [6, 6.07) is 1.19. The summed E-state index contributed by atoms with van der Waals surface area (Å²) < 4.78 is 0. The molecule has 0 amide bonds. The summed E-state index contributed by atoms with van der Waals surface area (Å²) in [7, 11) is 0. The Morgan fingerprint density at radius 1 is 0.917 bits per heavy atom. The lowest BCUT2D eigenvalue weighted by atomic mass is 9.90. The fraction of sp³-hybridized carbons (Fsp3) is 1.00. The van der Waals surface area contributed by atoms with Crippen LogP contribution in [0.1, 0.15) is 38.5 Å². The van der Waals surface area contributed by atoms with Crippen LogP contribution in [0.3, 0.4) is 0 Å². The third-order valence-corrected chi connectivity index (χ3v) is 3.39. The molecule has 1 aliphatic carbocycles. The van der Waals surface area contributed by atoms with Crippen LogP contribution < -0.4 is 5.73 Å². The minimum Gasteiger partial charge on any atom is -0.326 e. The molecule has 2 atom stereocenters. The van der Waals surface area contributed by atoms with E-state index in [0.717, 1.165) is 6.04 Å². The van der Waals surface area contributed by atoms with E-state index in [4.69, 9.17) is 5.73 Å². The van der Waals surface area contributed by atoms with Gasteiger partial charge in [0.1, 0.15) is 0 Å². The van der Waals surface area contributed by atoms with Crippen LogP contribution in [0.2, 0.25) is 0 Å². The van der Waals surface area contributed by atoms with Gasteiger partial charge < -0.3 is 5.73 Å². The number of hydrogen-bond donors (Lipinski definition) is 1. The molecule has 2 aliphatic rings. The molecule has 0 bridgehead atoms. The van der Waals surface area contributed by atoms with Crippen LogP contribution in [0.4, 0.5) is 0 Å². The third kappa shape index (κ3) is 1.64. The Bertz CT molecular complexity index is 141. The Balaban J connectivity index is 1.91. The van der Waals surface area contributed by atoms with Crippen molar-refractivity contribution >= 4 is 0 Å². The first kappa shape index (κ1) is 8.52. The molecule has 0 aromatic rings. The van der Waals surface area contributed by atoms with Crippen molar-refractivity contribution in [2.24, 2.45) is 5.73 Å². The highest BCUT2D eigenvalue weighted by Gasteiger charge is 2.28. The maximum Gasteiger partial charge on any atom is 0.0247 e. The fourth-order valence-corrected chi connectivity index (χ4v) is 2.67. The van der Waals surface area contributed by atoms with E-state index in [1.807, 2.05) is 0 Å². The zero-order valence-corrected chi connectivity index (χ0v) is 7.84. The summed E-state index contributed by atoms with van der Waals surface area (Å²) in [5.74, 6) is 0. The standard InChI is InChI=1S/C10H20N2/c11-9-5-1-2-6-10(9)12-7-3-4-8-12/h9-10H,1-8,11H2/t9-,10+/m0/s1. The van der Waals surface area contributed by atoms with Crippen molar-refractivity contribution in [1.29, 1.82) is 0 Å². The van der Waals surface area contributed by atoms with Crippen LogP contribution in [-0.2, 0) is 0 Å². The van der Waals surface area contributed by atoms with Gasteiger partial charge in [-0.05, 0) is 38.8 Å². The van der Waals surface area contributed by atoms with Crippen molar-refractivity contribution < 1.29 is 0 Å². The predicted molar refractivity (Wildman–Crippen MR) is 51.0 cm³/mol. The Morgan fingerprint density at radius 2 is 1.58 bits per heavy atom. The molecule has 1 saturated heterocycles. The van der Waals surface area contributed by atoms with E-state index in [1.165, 1.54) is 51.6 Å². The van der Waals surface area contributed by atoms with Crippen LogP contribution in [-0.4, -0.2) is 30.1 Å². The average molecular weight is 168 g/mol. The third-order valence-electron chi connectivity index (χ3n) is 3.39. The summed E-state index contributed by atoms with van der Waals surface area (Å²) in [6.45, 7) is 2.61. The molecule has 2 rings (SSSR count). The smallest absolute Gasteiger partial charge is 0.0247 e. The second-order valence-corrected chi connectivity index (χ2v) is 4.26. The Labute approximate surface area is 75.1 Å². The van der Waals surface area contributed by atoms with Gasteiger partial charge in [0.25, 0.3) is 0 Å². The van der Waals surface area contributed by atoms with Crippen LogP contribution in [0.15, 0.2) is 0 Å². The van der Waals surface area contributed by atoms with Gasteiger partial charge in [-0.3, -0.25) is 4.90 Å². The molecule has 12 heavy (non-hydrogen) atoms. The maximum atomic E-state index is 6.12. The van der Waals surface area contributed by atoms with Crippen molar-refractivity contribution in [2.75, 3.05) is 13.1 Å². The lowest BCUT2D eigenvalue weighted by molar-refractivity contribution is 0.168. The zero-order valence-electron chi connectivity index (χ0n) is 7.84. The minimum atomic E-state index is 0.469. The van der Waals surface area contributed by atoms with Gasteiger partial charge in [0.15, 0.2) is 0 Å². The van der Waals surface area contributed by atoms with Gasteiger partial charge in [0, 0.05) is 12.1 Å². The molecular formula is C10H20N2. The van der Waals surface area contributed by atoms with Gasteiger partial charge in [-0.1, -0.05) is 12.8 Å². The Kier molecular flexibility index (Phi) is 2.66. The highest BCUT2D eigenvalue weighted by atomic mass is 15.2. The topological polar surface area (TPSA) is 29.3 Å².